The molecule has 0 aromatic carbocycles. The van der Waals surface area contributed by atoms with Gasteiger partial charge in [0.2, 0.25) is 6.79 Å². The number of fused-ring (bicyclic) bond motifs is 1. The van der Waals surface area contributed by atoms with Crippen molar-refractivity contribution >= 4 is 6.29 Å². The van der Waals surface area contributed by atoms with Crippen molar-refractivity contribution in [3.8, 4) is 0 Å². The van der Waals surface area contributed by atoms with Crippen molar-refractivity contribution in [2.24, 2.45) is 0 Å². The zero-order valence-electron chi connectivity index (χ0n) is 6.24. The fourth-order valence-electron chi connectivity index (χ4n) is 1.06. The SMILES string of the molecule is O=CC1=CNC=C2OCOC=C12. The molecule has 0 saturated heterocycles. The van der Waals surface area contributed by atoms with Gasteiger partial charge >= 0.3 is 0 Å². The summed E-state index contributed by atoms with van der Waals surface area (Å²) in [6.07, 6.45) is 5.56. The summed E-state index contributed by atoms with van der Waals surface area (Å²) in [5, 5.41) is 2.81. The number of hydrogen-bond acceptors (Lipinski definition) is 4. The van der Waals surface area contributed by atoms with Crippen molar-refractivity contribution < 1.29 is 14.3 Å². The molecule has 0 aromatic rings. The van der Waals surface area contributed by atoms with E-state index in [0.29, 0.717) is 16.9 Å². The van der Waals surface area contributed by atoms with Gasteiger partial charge in [-0.3, -0.25) is 4.79 Å². The second-order valence-corrected chi connectivity index (χ2v) is 2.35. The molecule has 0 radical (unpaired) electrons. The summed E-state index contributed by atoms with van der Waals surface area (Å²) in [6, 6.07) is 0. The summed E-state index contributed by atoms with van der Waals surface area (Å²) in [6.45, 7) is 0.198. The number of aldehydes is 1. The minimum Gasteiger partial charge on any atom is -0.464 e. The second-order valence-electron chi connectivity index (χ2n) is 2.35. The molecule has 0 saturated carbocycles. The zero-order valence-corrected chi connectivity index (χ0v) is 6.24. The van der Waals surface area contributed by atoms with E-state index < -0.39 is 0 Å². The predicted molar refractivity (Wildman–Crippen MR) is 40.5 cm³/mol. The van der Waals surface area contributed by atoms with Crippen molar-refractivity contribution in [1.29, 1.82) is 0 Å². The van der Waals surface area contributed by atoms with Crippen LogP contribution in [-0.2, 0) is 14.3 Å². The van der Waals surface area contributed by atoms with E-state index in [1.165, 1.54) is 6.26 Å². The summed E-state index contributed by atoms with van der Waals surface area (Å²) in [7, 11) is 0. The van der Waals surface area contributed by atoms with E-state index in [1.54, 1.807) is 12.4 Å². The maximum atomic E-state index is 10.5. The van der Waals surface area contributed by atoms with Crippen LogP contribution < -0.4 is 5.32 Å². The van der Waals surface area contributed by atoms with E-state index in [-0.39, 0.29) is 6.79 Å². The van der Waals surface area contributed by atoms with E-state index in [0.717, 1.165) is 6.29 Å². The van der Waals surface area contributed by atoms with Crippen LogP contribution in [0.4, 0.5) is 0 Å². The molecule has 1 N–H and O–H groups in total. The molecule has 2 aliphatic heterocycles. The maximum Gasteiger partial charge on any atom is 0.230 e. The van der Waals surface area contributed by atoms with Crippen molar-refractivity contribution in [1.82, 2.24) is 5.32 Å². The number of allylic oxidation sites excluding steroid dienone is 1. The summed E-state index contributed by atoms with van der Waals surface area (Å²) >= 11 is 0. The highest BCUT2D eigenvalue weighted by Crippen LogP contribution is 2.24. The molecule has 0 unspecified atom stereocenters. The molecule has 0 bridgehead atoms. The Balaban J connectivity index is 2.37. The predicted octanol–water partition coefficient (Wildman–Crippen LogP) is 0.402. The topological polar surface area (TPSA) is 47.6 Å². The largest absolute Gasteiger partial charge is 0.464 e. The lowest BCUT2D eigenvalue weighted by molar-refractivity contribution is -0.104. The number of carbonyl (C=O) groups excluding carboxylic acids is 1. The summed E-state index contributed by atoms with van der Waals surface area (Å²) in [5.41, 5.74) is 1.22. The number of ether oxygens (including phenoxy) is 2. The van der Waals surface area contributed by atoms with Crippen LogP contribution in [0.2, 0.25) is 0 Å². The van der Waals surface area contributed by atoms with Gasteiger partial charge in [0.05, 0.1) is 11.8 Å². The standard InChI is InChI=1S/C8H7NO3/c10-3-6-1-9-2-8-7(6)4-11-5-12-8/h1-4,9H,5H2. The minimum atomic E-state index is 0.198. The molecule has 4 nitrogen and oxygen atoms in total. The lowest BCUT2D eigenvalue weighted by Gasteiger charge is -2.20. The fraction of sp³-hybridized carbons (Fsp3) is 0.125. The molecule has 0 aliphatic carbocycles. The van der Waals surface area contributed by atoms with Gasteiger partial charge in [-0.25, -0.2) is 0 Å². The fourth-order valence-corrected chi connectivity index (χ4v) is 1.06. The van der Waals surface area contributed by atoms with Crippen LogP contribution in [0, 0.1) is 0 Å². The molecule has 0 aromatic heterocycles. The second kappa shape index (κ2) is 2.73. The molecule has 0 fully saturated rings. The average Bonchev–Trinajstić information content (AvgIpc) is 2.17. The number of hydrogen-bond donors (Lipinski definition) is 1. The Morgan fingerprint density at radius 1 is 1.50 bits per heavy atom. The maximum absolute atomic E-state index is 10.5. The monoisotopic (exact) mass is 165 g/mol. The normalized spacial score (nSPS) is 19.8. The molecular weight excluding hydrogens is 158 g/mol. The lowest BCUT2D eigenvalue weighted by Crippen LogP contribution is -2.16. The zero-order chi connectivity index (χ0) is 8.39. The first-order valence-electron chi connectivity index (χ1n) is 3.48. The molecule has 2 rings (SSSR count). The van der Waals surface area contributed by atoms with Crippen LogP contribution in [0.3, 0.4) is 0 Å². The lowest BCUT2D eigenvalue weighted by atomic mass is 10.1. The first-order valence-corrected chi connectivity index (χ1v) is 3.48. The van der Waals surface area contributed by atoms with Gasteiger partial charge in [0.25, 0.3) is 0 Å². The first kappa shape index (κ1) is 6.97. The Labute approximate surface area is 69.2 Å². The van der Waals surface area contributed by atoms with Crippen LogP contribution in [-0.4, -0.2) is 13.1 Å². The third-order valence-electron chi connectivity index (χ3n) is 1.64. The Hall–Kier alpha value is -1.71. The Kier molecular flexibility index (Phi) is 1.59. The van der Waals surface area contributed by atoms with Gasteiger partial charge in [-0.2, -0.15) is 0 Å². The van der Waals surface area contributed by atoms with Gasteiger partial charge in [0.15, 0.2) is 12.0 Å². The third kappa shape index (κ3) is 0.972. The van der Waals surface area contributed by atoms with Crippen LogP contribution in [0.1, 0.15) is 0 Å². The van der Waals surface area contributed by atoms with Crippen LogP contribution in [0.5, 0.6) is 0 Å². The molecule has 0 atom stereocenters. The van der Waals surface area contributed by atoms with Gasteiger partial charge < -0.3 is 14.8 Å². The minimum absolute atomic E-state index is 0.198. The molecule has 12 heavy (non-hydrogen) atoms. The average molecular weight is 165 g/mol. The quantitative estimate of drug-likeness (QED) is 0.571. The number of carbonyl (C=O) groups is 1. The highest BCUT2D eigenvalue weighted by atomic mass is 16.7. The van der Waals surface area contributed by atoms with E-state index in [2.05, 4.69) is 5.32 Å². The van der Waals surface area contributed by atoms with Gasteiger partial charge in [-0.1, -0.05) is 0 Å². The van der Waals surface area contributed by atoms with Crippen molar-refractivity contribution in [2.75, 3.05) is 6.79 Å². The van der Waals surface area contributed by atoms with Gasteiger partial charge in [0, 0.05) is 18.0 Å². The number of dihydropyridines is 1. The van der Waals surface area contributed by atoms with Crippen LogP contribution >= 0.6 is 0 Å². The van der Waals surface area contributed by atoms with Gasteiger partial charge in [-0.15, -0.1) is 0 Å². The number of nitrogens with one attached hydrogen (secondary N) is 1. The Morgan fingerprint density at radius 3 is 3.25 bits per heavy atom. The van der Waals surface area contributed by atoms with Gasteiger partial charge in [-0.05, 0) is 0 Å². The molecule has 62 valence electrons. The van der Waals surface area contributed by atoms with E-state index in [9.17, 15) is 4.79 Å². The molecule has 2 heterocycles. The van der Waals surface area contributed by atoms with Gasteiger partial charge in [0.1, 0.15) is 0 Å². The molecule has 4 heteroatoms. The Morgan fingerprint density at radius 2 is 2.42 bits per heavy atom. The molecule has 0 spiro atoms. The molecule has 2 aliphatic rings. The van der Waals surface area contributed by atoms with Crippen molar-refractivity contribution in [3.63, 3.8) is 0 Å². The van der Waals surface area contributed by atoms with E-state index >= 15 is 0 Å². The highest BCUT2D eigenvalue weighted by Gasteiger charge is 2.18. The van der Waals surface area contributed by atoms with Crippen molar-refractivity contribution in [2.45, 2.75) is 0 Å². The summed E-state index contributed by atoms with van der Waals surface area (Å²) < 4.78 is 10.0. The van der Waals surface area contributed by atoms with Crippen molar-refractivity contribution in [3.05, 3.63) is 35.6 Å². The third-order valence-corrected chi connectivity index (χ3v) is 1.64. The van der Waals surface area contributed by atoms with Crippen LogP contribution in [0.25, 0.3) is 0 Å². The Bertz CT molecular complexity index is 301. The summed E-state index contributed by atoms with van der Waals surface area (Å²) in [4.78, 5) is 10.5. The first-order chi connectivity index (χ1) is 5.92. The molecule has 0 amide bonds. The van der Waals surface area contributed by atoms with E-state index in [1.807, 2.05) is 0 Å². The smallest absolute Gasteiger partial charge is 0.230 e. The summed E-state index contributed by atoms with van der Waals surface area (Å²) in [5.74, 6) is 0.644. The molecular formula is C8H7NO3. The highest BCUT2D eigenvalue weighted by molar-refractivity contribution is 5.82. The number of rotatable bonds is 1. The van der Waals surface area contributed by atoms with E-state index in [4.69, 9.17) is 9.47 Å². The van der Waals surface area contributed by atoms with Crippen LogP contribution in [0.15, 0.2) is 35.6 Å².